The van der Waals surface area contributed by atoms with Gasteiger partial charge in [0.05, 0.1) is 5.92 Å². The first-order valence-corrected chi connectivity index (χ1v) is 7.61. The van der Waals surface area contributed by atoms with Crippen LogP contribution in [-0.2, 0) is 0 Å². The zero-order valence-corrected chi connectivity index (χ0v) is 12.2. The maximum Gasteiger partial charge on any atom is 0.231 e. The smallest absolute Gasteiger partial charge is 0.231 e. The van der Waals surface area contributed by atoms with Crippen molar-refractivity contribution in [1.82, 2.24) is 15.5 Å². The maximum atomic E-state index is 13.0. The van der Waals surface area contributed by atoms with E-state index in [9.17, 15) is 4.39 Å². The van der Waals surface area contributed by atoms with Crippen LogP contribution in [0.25, 0.3) is 11.4 Å². The molecule has 5 heteroatoms. The molecule has 0 amide bonds. The molecular weight excluding hydrogens is 269 g/mol. The van der Waals surface area contributed by atoms with Gasteiger partial charge in [0.1, 0.15) is 5.82 Å². The van der Waals surface area contributed by atoms with Crippen molar-refractivity contribution in [2.45, 2.75) is 44.6 Å². The Morgan fingerprint density at radius 2 is 2.10 bits per heavy atom. The molecule has 1 aromatic carbocycles. The molecule has 0 spiro atoms. The zero-order valence-electron chi connectivity index (χ0n) is 12.2. The average molecular weight is 289 g/mol. The first-order valence-electron chi connectivity index (χ1n) is 7.61. The van der Waals surface area contributed by atoms with Gasteiger partial charge < -0.3 is 9.84 Å². The third kappa shape index (κ3) is 3.13. The highest BCUT2D eigenvalue weighted by Crippen LogP contribution is 2.34. The van der Waals surface area contributed by atoms with E-state index in [1.54, 1.807) is 12.1 Å². The lowest BCUT2D eigenvalue weighted by Crippen LogP contribution is -2.31. The summed E-state index contributed by atoms with van der Waals surface area (Å²) in [5.41, 5.74) is 0.780. The molecule has 0 radical (unpaired) electrons. The maximum absolute atomic E-state index is 13.0. The summed E-state index contributed by atoms with van der Waals surface area (Å²) < 4.78 is 18.4. The molecule has 1 aliphatic carbocycles. The zero-order chi connectivity index (χ0) is 14.7. The van der Waals surface area contributed by atoms with Crippen LogP contribution in [0.3, 0.4) is 0 Å². The monoisotopic (exact) mass is 289 g/mol. The Morgan fingerprint density at radius 3 is 2.86 bits per heavy atom. The van der Waals surface area contributed by atoms with E-state index in [2.05, 4.69) is 22.4 Å². The molecule has 1 heterocycles. The van der Waals surface area contributed by atoms with Crippen LogP contribution in [-0.4, -0.2) is 22.7 Å². The van der Waals surface area contributed by atoms with Crippen LogP contribution in [0, 0.1) is 5.82 Å². The molecule has 4 nitrogen and oxygen atoms in total. The molecule has 0 aliphatic heterocycles. The van der Waals surface area contributed by atoms with Gasteiger partial charge in [-0.05, 0) is 50.1 Å². The van der Waals surface area contributed by atoms with E-state index in [0.717, 1.165) is 31.4 Å². The Hall–Kier alpha value is -1.75. The van der Waals surface area contributed by atoms with E-state index in [4.69, 9.17) is 4.52 Å². The molecule has 21 heavy (non-hydrogen) atoms. The SMILES string of the molecule is CCCNC1CCCC1c1nc(-c2ccc(F)cc2)no1. The first kappa shape index (κ1) is 14.2. The van der Waals surface area contributed by atoms with Crippen LogP contribution in [0.1, 0.15) is 44.4 Å². The summed E-state index contributed by atoms with van der Waals surface area (Å²) in [5, 5.41) is 7.60. The van der Waals surface area contributed by atoms with Gasteiger partial charge in [-0.15, -0.1) is 0 Å². The lowest BCUT2D eigenvalue weighted by Gasteiger charge is -2.17. The Labute approximate surface area is 123 Å². The van der Waals surface area contributed by atoms with E-state index in [1.807, 2.05) is 0 Å². The molecule has 2 aromatic rings. The summed E-state index contributed by atoms with van der Waals surface area (Å²) in [6.45, 7) is 3.18. The van der Waals surface area contributed by atoms with Crippen molar-refractivity contribution >= 4 is 0 Å². The molecule has 112 valence electrons. The number of rotatable bonds is 5. The van der Waals surface area contributed by atoms with Crippen LogP contribution in [0.4, 0.5) is 4.39 Å². The molecule has 3 rings (SSSR count). The van der Waals surface area contributed by atoms with Crippen LogP contribution in [0.2, 0.25) is 0 Å². The summed E-state index contributed by atoms with van der Waals surface area (Å²) in [5.74, 6) is 1.26. The van der Waals surface area contributed by atoms with Crippen molar-refractivity contribution in [3.8, 4) is 11.4 Å². The van der Waals surface area contributed by atoms with Crippen LogP contribution in [0.15, 0.2) is 28.8 Å². The van der Waals surface area contributed by atoms with Gasteiger partial charge in [-0.2, -0.15) is 4.98 Å². The fraction of sp³-hybridized carbons (Fsp3) is 0.500. The molecular formula is C16H20FN3O. The minimum absolute atomic E-state index is 0.262. The average Bonchev–Trinajstić information content (AvgIpc) is 3.14. The third-order valence-corrected chi connectivity index (χ3v) is 4.03. The second-order valence-electron chi connectivity index (χ2n) is 5.56. The fourth-order valence-corrected chi connectivity index (χ4v) is 2.93. The number of aromatic nitrogens is 2. The number of benzene rings is 1. The van der Waals surface area contributed by atoms with E-state index in [0.29, 0.717) is 23.7 Å². The molecule has 2 atom stereocenters. The molecule has 0 saturated heterocycles. The van der Waals surface area contributed by atoms with Gasteiger partial charge in [0, 0.05) is 11.6 Å². The van der Waals surface area contributed by atoms with E-state index < -0.39 is 0 Å². The standard InChI is InChI=1S/C16H20FN3O/c1-2-10-18-14-5-3-4-13(14)16-19-15(20-21-16)11-6-8-12(17)9-7-11/h6-9,13-14,18H,2-5,10H2,1H3. The minimum atomic E-state index is -0.262. The number of nitrogens with one attached hydrogen (secondary N) is 1. The van der Waals surface area contributed by atoms with Gasteiger partial charge in [0.25, 0.3) is 0 Å². The molecule has 2 unspecified atom stereocenters. The van der Waals surface area contributed by atoms with Gasteiger partial charge in [-0.1, -0.05) is 18.5 Å². The van der Waals surface area contributed by atoms with Crippen molar-refractivity contribution in [2.75, 3.05) is 6.54 Å². The second kappa shape index (κ2) is 6.35. The van der Waals surface area contributed by atoms with Gasteiger partial charge in [0.15, 0.2) is 0 Å². The van der Waals surface area contributed by atoms with Gasteiger partial charge in [0.2, 0.25) is 11.7 Å². The lowest BCUT2D eigenvalue weighted by atomic mass is 10.0. The molecule has 1 fully saturated rings. The van der Waals surface area contributed by atoms with Crippen molar-refractivity contribution < 1.29 is 8.91 Å². The van der Waals surface area contributed by atoms with Gasteiger partial charge >= 0.3 is 0 Å². The summed E-state index contributed by atoms with van der Waals surface area (Å²) in [7, 11) is 0. The van der Waals surface area contributed by atoms with Crippen molar-refractivity contribution in [3.63, 3.8) is 0 Å². The van der Waals surface area contributed by atoms with Crippen LogP contribution >= 0.6 is 0 Å². The van der Waals surface area contributed by atoms with Crippen molar-refractivity contribution in [3.05, 3.63) is 36.0 Å². The third-order valence-electron chi connectivity index (χ3n) is 4.03. The summed E-state index contributed by atoms with van der Waals surface area (Å²) >= 11 is 0. The highest BCUT2D eigenvalue weighted by Gasteiger charge is 2.32. The topological polar surface area (TPSA) is 51.0 Å². The molecule has 1 N–H and O–H groups in total. The Bertz CT molecular complexity index is 581. The number of hydrogen-bond donors (Lipinski definition) is 1. The van der Waals surface area contributed by atoms with Crippen LogP contribution in [0.5, 0.6) is 0 Å². The minimum Gasteiger partial charge on any atom is -0.339 e. The number of halogens is 1. The Balaban J connectivity index is 1.76. The lowest BCUT2D eigenvalue weighted by molar-refractivity contribution is 0.330. The largest absolute Gasteiger partial charge is 0.339 e. The molecule has 1 aromatic heterocycles. The van der Waals surface area contributed by atoms with Gasteiger partial charge in [-0.25, -0.2) is 4.39 Å². The van der Waals surface area contributed by atoms with Crippen LogP contribution < -0.4 is 5.32 Å². The predicted octanol–water partition coefficient (Wildman–Crippen LogP) is 3.51. The highest BCUT2D eigenvalue weighted by atomic mass is 19.1. The normalized spacial score (nSPS) is 21.8. The number of nitrogens with zero attached hydrogens (tertiary/aromatic N) is 2. The summed E-state index contributed by atoms with van der Waals surface area (Å²) in [6, 6.07) is 6.59. The van der Waals surface area contributed by atoms with Crippen molar-refractivity contribution in [1.29, 1.82) is 0 Å². The Kier molecular flexibility index (Phi) is 4.29. The molecule has 0 bridgehead atoms. The predicted molar refractivity (Wildman–Crippen MR) is 78.4 cm³/mol. The second-order valence-corrected chi connectivity index (χ2v) is 5.56. The summed E-state index contributed by atoms with van der Waals surface area (Å²) in [6.07, 6.45) is 4.53. The summed E-state index contributed by atoms with van der Waals surface area (Å²) in [4.78, 5) is 4.51. The fourth-order valence-electron chi connectivity index (χ4n) is 2.93. The molecule has 1 aliphatic rings. The Morgan fingerprint density at radius 1 is 1.29 bits per heavy atom. The molecule has 1 saturated carbocycles. The quantitative estimate of drug-likeness (QED) is 0.915. The van der Waals surface area contributed by atoms with Crippen molar-refractivity contribution in [2.24, 2.45) is 0 Å². The first-order chi connectivity index (χ1) is 10.3. The van der Waals surface area contributed by atoms with E-state index in [1.165, 1.54) is 18.6 Å². The van der Waals surface area contributed by atoms with E-state index in [-0.39, 0.29) is 5.82 Å². The number of hydrogen-bond acceptors (Lipinski definition) is 4. The highest BCUT2D eigenvalue weighted by molar-refractivity contribution is 5.53. The van der Waals surface area contributed by atoms with E-state index >= 15 is 0 Å². The van der Waals surface area contributed by atoms with Gasteiger partial charge in [-0.3, -0.25) is 0 Å².